The highest BCUT2D eigenvalue weighted by Gasteiger charge is 2.38. The van der Waals surface area contributed by atoms with Gasteiger partial charge in [-0.2, -0.15) is 0 Å². The number of phenols is 1. The molecule has 1 aromatic carbocycles. The largest absolute Gasteiger partial charge is 0.507 e. The molecule has 1 aromatic rings. The van der Waals surface area contributed by atoms with Crippen molar-refractivity contribution >= 4 is 17.5 Å². The summed E-state index contributed by atoms with van der Waals surface area (Å²) in [5, 5.41) is 10.3. The van der Waals surface area contributed by atoms with Crippen LogP contribution in [-0.2, 0) is 0 Å². The van der Waals surface area contributed by atoms with E-state index in [0.717, 1.165) is 25.9 Å². The van der Waals surface area contributed by atoms with E-state index in [0.29, 0.717) is 16.0 Å². The monoisotopic (exact) mass is 293 g/mol. The van der Waals surface area contributed by atoms with Gasteiger partial charge in [0.1, 0.15) is 5.75 Å². The van der Waals surface area contributed by atoms with Crippen LogP contribution in [0.5, 0.6) is 5.75 Å². The first-order chi connectivity index (χ1) is 9.60. The predicted molar refractivity (Wildman–Crippen MR) is 79.2 cm³/mol. The van der Waals surface area contributed by atoms with Gasteiger partial charge in [0.05, 0.1) is 5.56 Å². The third kappa shape index (κ3) is 2.51. The van der Waals surface area contributed by atoms with E-state index in [2.05, 4.69) is 0 Å². The standard InChI is InChI=1S/C16H20ClNO2/c17-12-3-4-13(14(19)11-12)15(20)18-9-7-16(8-10-18)5-1-2-6-16/h3-4,11,19H,1-2,5-10H2. The number of carbonyl (C=O) groups is 1. The van der Waals surface area contributed by atoms with Crippen molar-refractivity contribution in [2.75, 3.05) is 13.1 Å². The highest BCUT2D eigenvalue weighted by Crippen LogP contribution is 2.46. The minimum atomic E-state index is -0.0768. The van der Waals surface area contributed by atoms with Gasteiger partial charge < -0.3 is 10.0 Å². The molecule has 4 heteroatoms. The second-order valence-electron chi connectivity index (χ2n) is 6.16. The second-order valence-corrected chi connectivity index (χ2v) is 6.60. The van der Waals surface area contributed by atoms with Crippen LogP contribution in [0.3, 0.4) is 0 Å². The van der Waals surface area contributed by atoms with E-state index in [-0.39, 0.29) is 11.7 Å². The molecule has 1 heterocycles. The van der Waals surface area contributed by atoms with Gasteiger partial charge in [-0.15, -0.1) is 0 Å². The highest BCUT2D eigenvalue weighted by molar-refractivity contribution is 6.30. The maximum atomic E-state index is 12.5. The lowest BCUT2D eigenvalue weighted by Gasteiger charge is -2.39. The first kappa shape index (κ1) is 13.7. The lowest BCUT2D eigenvalue weighted by molar-refractivity contribution is 0.0585. The van der Waals surface area contributed by atoms with Crippen molar-refractivity contribution in [3.05, 3.63) is 28.8 Å². The van der Waals surface area contributed by atoms with Crippen LogP contribution in [0.2, 0.25) is 5.02 Å². The van der Waals surface area contributed by atoms with Crippen LogP contribution in [0, 0.1) is 5.41 Å². The molecule has 1 amide bonds. The molecule has 3 rings (SSSR count). The number of carbonyl (C=O) groups excluding carboxylic acids is 1. The van der Waals surface area contributed by atoms with Crippen molar-refractivity contribution in [2.45, 2.75) is 38.5 Å². The van der Waals surface area contributed by atoms with Gasteiger partial charge >= 0.3 is 0 Å². The number of aromatic hydroxyl groups is 1. The number of piperidine rings is 1. The quantitative estimate of drug-likeness (QED) is 0.854. The SMILES string of the molecule is O=C(c1ccc(Cl)cc1O)N1CCC2(CCCC2)CC1. The van der Waals surface area contributed by atoms with Crippen LogP contribution in [0.1, 0.15) is 48.9 Å². The summed E-state index contributed by atoms with van der Waals surface area (Å²) in [6.07, 6.45) is 7.53. The Hall–Kier alpha value is -1.22. The molecule has 1 aliphatic carbocycles. The van der Waals surface area contributed by atoms with Gasteiger partial charge in [-0.1, -0.05) is 24.4 Å². The normalized spacial score (nSPS) is 21.4. The molecule has 0 bridgehead atoms. The van der Waals surface area contributed by atoms with Gasteiger partial charge in [-0.05, 0) is 49.3 Å². The summed E-state index contributed by atoms with van der Waals surface area (Å²) in [5.41, 5.74) is 0.857. The van der Waals surface area contributed by atoms with Crippen molar-refractivity contribution in [3.63, 3.8) is 0 Å². The maximum Gasteiger partial charge on any atom is 0.257 e. The fourth-order valence-corrected chi connectivity index (χ4v) is 3.83. The molecule has 0 radical (unpaired) electrons. The summed E-state index contributed by atoms with van der Waals surface area (Å²) in [6, 6.07) is 4.69. The van der Waals surface area contributed by atoms with E-state index in [9.17, 15) is 9.90 Å². The Labute approximate surface area is 124 Å². The van der Waals surface area contributed by atoms with Crippen molar-refractivity contribution in [1.29, 1.82) is 0 Å². The fourth-order valence-electron chi connectivity index (χ4n) is 3.67. The Balaban J connectivity index is 1.69. The summed E-state index contributed by atoms with van der Waals surface area (Å²) in [4.78, 5) is 14.3. The van der Waals surface area contributed by atoms with E-state index in [1.165, 1.54) is 31.7 Å². The number of nitrogens with zero attached hydrogens (tertiary/aromatic N) is 1. The van der Waals surface area contributed by atoms with Crippen LogP contribution in [-0.4, -0.2) is 29.0 Å². The van der Waals surface area contributed by atoms with Gasteiger partial charge in [-0.25, -0.2) is 0 Å². The Morgan fingerprint density at radius 3 is 2.40 bits per heavy atom. The van der Waals surface area contributed by atoms with Crippen LogP contribution >= 0.6 is 11.6 Å². The number of benzene rings is 1. The molecule has 3 nitrogen and oxygen atoms in total. The van der Waals surface area contributed by atoms with Gasteiger partial charge in [-0.3, -0.25) is 4.79 Å². The van der Waals surface area contributed by atoms with Gasteiger partial charge in [0.15, 0.2) is 0 Å². The molecule has 20 heavy (non-hydrogen) atoms. The van der Waals surface area contributed by atoms with Crippen LogP contribution in [0.15, 0.2) is 18.2 Å². The van der Waals surface area contributed by atoms with Crippen LogP contribution in [0.4, 0.5) is 0 Å². The minimum absolute atomic E-state index is 0.0244. The van der Waals surface area contributed by atoms with Gasteiger partial charge in [0.25, 0.3) is 5.91 Å². The molecule has 1 saturated carbocycles. The maximum absolute atomic E-state index is 12.5. The number of likely N-dealkylation sites (tertiary alicyclic amines) is 1. The summed E-state index contributed by atoms with van der Waals surface area (Å²) in [7, 11) is 0. The number of halogens is 1. The Kier molecular flexibility index (Phi) is 3.63. The zero-order valence-electron chi connectivity index (χ0n) is 11.6. The Bertz CT molecular complexity index is 513. The molecule has 1 spiro atoms. The zero-order valence-corrected chi connectivity index (χ0v) is 12.3. The average Bonchev–Trinajstić information content (AvgIpc) is 2.87. The van der Waals surface area contributed by atoms with Crippen LogP contribution < -0.4 is 0 Å². The third-order valence-electron chi connectivity index (χ3n) is 4.97. The molecule has 0 unspecified atom stereocenters. The molecule has 2 aliphatic rings. The van der Waals surface area contributed by atoms with Gasteiger partial charge in [0.2, 0.25) is 0 Å². The lowest BCUT2D eigenvalue weighted by atomic mass is 9.77. The molecule has 1 aliphatic heterocycles. The minimum Gasteiger partial charge on any atom is -0.507 e. The third-order valence-corrected chi connectivity index (χ3v) is 5.20. The van der Waals surface area contributed by atoms with Crippen molar-refractivity contribution < 1.29 is 9.90 Å². The predicted octanol–water partition coefficient (Wildman–Crippen LogP) is 3.84. The second kappa shape index (κ2) is 5.28. The number of rotatable bonds is 1. The topological polar surface area (TPSA) is 40.5 Å². The molecule has 108 valence electrons. The molecular weight excluding hydrogens is 274 g/mol. The molecule has 1 saturated heterocycles. The van der Waals surface area contributed by atoms with E-state index in [4.69, 9.17) is 11.6 Å². The molecule has 2 fully saturated rings. The summed E-state index contributed by atoms with van der Waals surface area (Å²) in [6.45, 7) is 1.61. The number of amides is 1. The number of phenolic OH excluding ortho intramolecular Hbond substituents is 1. The van der Waals surface area contributed by atoms with E-state index >= 15 is 0 Å². The van der Waals surface area contributed by atoms with Crippen molar-refractivity contribution in [1.82, 2.24) is 4.90 Å². The van der Waals surface area contributed by atoms with E-state index < -0.39 is 0 Å². The van der Waals surface area contributed by atoms with E-state index in [1.54, 1.807) is 12.1 Å². The van der Waals surface area contributed by atoms with Crippen LogP contribution in [0.25, 0.3) is 0 Å². The summed E-state index contributed by atoms with van der Waals surface area (Å²) in [5.74, 6) is -0.101. The average molecular weight is 294 g/mol. The Morgan fingerprint density at radius 1 is 1.15 bits per heavy atom. The number of hydrogen-bond acceptors (Lipinski definition) is 2. The molecule has 1 N–H and O–H groups in total. The summed E-state index contributed by atoms with van der Waals surface area (Å²) >= 11 is 5.80. The fraction of sp³-hybridized carbons (Fsp3) is 0.562. The first-order valence-corrected chi connectivity index (χ1v) is 7.75. The smallest absolute Gasteiger partial charge is 0.257 e. The zero-order chi connectivity index (χ0) is 14.2. The summed E-state index contributed by atoms with van der Waals surface area (Å²) < 4.78 is 0. The van der Waals surface area contributed by atoms with Gasteiger partial charge in [0, 0.05) is 18.1 Å². The lowest BCUT2D eigenvalue weighted by Crippen LogP contribution is -2.42. The highest BCUT2D eigenvalue weighted by atomic mass is 35.5. The van der Waals surface area contributed by atoms with E-state index in [1.807, 2.05) is 4.90 Å². The molecular formula is C16H20ClNO2. The number of hydrogen-bond donors (Lipinski definition) is 1. The first-order valence-electron chi connectivity index (χ1n) is 7.38. The Morgan fingerprint density at radius 2 is 1.80 bits per heavy atom. The molecule has 0 aromatic heterocycles. The molecule has 0 atom stereocenters. The van der Waals surface area contributed by atoms with Crippen molar-refractivity contribution in [2.24, 2.45) is 5.41 Å². The van der Waals surface area contributed by atoms with Crippen molar-refractivity contribution in [3.8, 4) is 5.75 Å².